The Morgan fingerprint density at radius 2 is 2.32 bits per heavy atom. The van der Waals surface area contributed by atoms with Gasteiger partial charge in [-0.2, -0.15) is 10.1 Å². The number of aromatic nitrogens is 4. The summed E-state index contributed by atoms with van der Waals surface area (Å²) in [5.41, 5.74) is 1.47. The Labute approximate surface area is 114 Å². The predicted octanol–water partition coefficient (Wildman–Crippen LogP) is 1.41. The van der Waals surface area contributed by atoms with E-state index < -0.39 is 0 Å². The highest BCUT2D eigenvalue weighted by molar-refractivity contribution is 6.31. The number of hydrogen-bond donors (Lipinski definition) is 1. The Kier molecular flexibility index (Phi) is 3.84. The Morgan fingerprint density at radius 3 is 2.84 bits per heavy atom. The Hall–Kier alpha value is -1.89. The lowest BCUT2D eigenvalue weighted by molar-refractivity contribution is -0.122. The van der Waals surface area contributed by atoms with Gasteiger partial charge < -0.3 is 9.84 Å². The molecule has 2 aromatic rings. The molecule has 1 amide bonds. The lowest BCUT2D eigenvalue weighted by Crippen LogP contribution is -2.31. The molecule has 2 heterocycles. The van der Waals surface area contributed by atoms with Gasteiger partial charge in [0.1, 0.15) is 6.54 Å². The number of rotatable bonds is 4. The molecule has 0 saturated heterocycles. The van der Waals surface area contributed by atoms with Crippen molar-refractivity contribution in [1.82, 2.24) is 25.2 Å². The maximum absolute atomic E-state index is 11.9. The molecule has 2 aromatic heterocycles. The predicted molar refractivity (Wildman–Crippen MR) is 67.6 cm³/mol. The summed E-state index contributed by atoms with van der Waals surface area (Å²) < 4.78 is 6.19. The second-order valence-corrected chi connectivity index (χ2v) is 4.60. The lowest BCUT2D eigenvalue weighted by atomic mass is 10.3. The van der Waals surface area contributed by atoms with Gasteiger partial charge in [0, 0.05) is 0 Å². The van der Waals surface area contributed by atoms with Gasteiger partial charge in [-0.25, -0.2) is 0 Å². The zero-order valence-electron chi connectivity index (χ0n) is 10.8. The van der Waals surface area contributed by atoms with E-state index in [0.717, 1.165) is 5.69 Å². The lowest BCUT2D eigenvalue weighted by Gasteiger charge is -2.10. The summed E-state index contributed by atoms with van der Waals surface area (Å²) >= 11 is 6.02. The zero-order chi connectivity index (χ0) is 14.0. The van der Waals surface area contributed by atoms with Gasteiger partial charge >= 0.3 is 0 Å². The maximum atomic E-state index is 11.9. The third-order valence-electron chi connectivity index (χ3n) is 2.73. The fourth-order valence-corrected chi connectivity index (χ4v) is 1.82. The van der Waals surface area contributed by atoms with Crippen LogP contribution in [0.5, 0.6) is 0 Å². The number of hydrogen-bond acceptors (Lipinski definition) is 5. The minimum absolute atomic E-state index is 0.0988. The van der Waals surface area contributed by atoms with E-state index in [1.807, 2.05) is 6.92 Å². The smallest absolute Gasteiger partial charge is 0.242 e. The van der Waals surface area contributed by atoms with E-state index in [1.54, 1.807) is 18.5 Å². The maximum Gasteiger partial charge on any atom is 0.242 e. The van der Waals surface area contributed by atoms with Crippen molar-refractivity contribution in [3.63, 3.8) is 0 Å². The van der Waals surface area contributed by atoms with E-state index in [4.69, 9.17) is 11.6 Å². The van der Waals surface area contributed by atoms with Gasteiger partial charge in [0.25, 0.3) is 0 Å². The molecule has 0 fully saturated rings. The van der Waals surface area contributed by atoms with Crippen molar-refractivity contribution < 1.29 is 9.32 Å². The molecule has 2 rings (SSSR count). The summed E-state index contributed by atoms with van der Waals surface area (Å²) in [4.78, 5) is 15.8. The van der Waals surface area contributed by atoms with E-state index in [0.29, 0.717) is 16.5 Å². The van der Waals surface area contributed by atoms with Gasteiger partial charge in [0.2, 0.25) is 12.3 Å². The van der Waals surface area contributed by atoms with Crippen LogP contribution in [0.15, 0.2) is 10.9 Å². The number of nitrogens with one attached hydrogen (secondary N) is 1. The monoisotopic (exact) mass is 283 g/mol. The molecule has 0 aliphatic rings. The van der Waals surface area contributed by atoms with E-state index in [1.165, 1.54) is 6.39 Å². The molecule has 0 aromatic carbocycles. The molecule has 0 bridgehead atoms. The third kappa shape index (κ3) is 2.93. The second kappa shape index (κ2) is 5.40. The molecule has 8 heteroatoms. The molecular weight excluding hydrogens is 270 g/mol. The van der Waals surface area contributed by atoms with Gasteiger partial charge in [-0.05, 0) is 20.8 Å². The number of carbonyl (C=O) groups is 1. The fourth-order valence-electron chi connectivity index (χ4n) is 1.69. The van der Waals surface area contributed by atoms with Crippen molar-refractivity contribution in [2.75, 3.05) is 0 Å². The molecule has 7 nitrogen and oxygen atoms in total. The van der Waals surface area contributed by atoms with Crippen LogP contribution in [-0.4, -0.2) is 25.8 Å². The molecule has 0 aliphatic heterocycles. The zero-order valence-corrected chi connectivity index (χ0v) is 11.6. The number of nitrogens with zero attached hydrogens (tertiary/aromatic N) is 4. The summed E-state index contributed by atoms with van der Waals surface area (Å²) in [5, 5.41) is 11.2. The quantitative estimate of drug-likeness (QED) is 0.917. The van der Waals surface area contributed by atoms with Crippen LogP contribution in [0.1, 0.15) is 30.2 Å². The van der Waals surface area contributed by atoms with Gasteiger partial charge in [-0.1, -0.05) is 16.8 Å². The average molecular weight is 284 g/mol. The highest BCUT2D eigenvalue weighted by atomic mass is 35.5. The molecule has 1 unspecified atom stereocenters. The molecule has 0 spiro atoms. The largest absolute Gasteiger partial charge is 0.345 e. The molecule has 102 valence electrons. The van der Waals surface area contributed by atoms with E-state index in [9.17, 15) is 4.79 Å². The summed E-state index contributed by atoms with van der Waals surface area (Å²) in [7, 11) is 0. The Morgan fingerprint density at radius 1 is 1.58 bits per heavy atom. The first-order chi connectivity index (χ1) is 8.99. The van der Waals surface area contributed by atoms with Crippen LogP contribution in [0.4, 0.5) is 0 Å². The van der Waals surface area contributed by atoms with E-state index in [-0.39, 0.29) is 18.5 Å². The van der Waals surface area contributed by atoms with E-state index >= 15 is 0 Å². The molecule has 0 saturated carbocycles. The number of aryl methyl sites for hydroxylation is 1. The molecule has 1 atom stereocenters. The Balaban J connectivity index is 2.00. The standard InChI is InChI=1S/C11H14ClN5O2/c1-6-10(12)8(3)17(15-6)4-9(18)14-7(2)11-13-5-19-16-11/h5,7H,4H2,1-3H3,(H,14,18). The minimum Gasteiger partial charge on any atom is -0.345 e. The van der Waals surface area contributed by atoms with Gasteiger partial charge in [-0.15, -0.1) is 0 Å². The van der Waals surface area contributed by atoms with Crippen LogP contribution in [0.3, 0.4) is 0 Å². The van der Waals surface area contributed by atoms with Crippen LogP contribution in [0, 0.1) is 13.8 Å². The molecular formula is C11H14ClN5O2. The second-order valence-electron chi connectivity index (χ2n) is 4.22. The summed E-state index contributed by atoms with van der Waals surface area (Å²) in [6, 6.07) is -0.321. The topological polar surface area (TPSA) is 85.8 Å². The normalized spacial score (nSPS) is 12.4. The SMILES string of the molecule is Cc1nn(CC(=O)NC(C)c2ncon2)c(C)c1Cl. The van der Waals surface area contributed by atoms with Crippen molar-refractivity contribution in [1.29, 1.82) is 0 Å². The first-order valence-electron chi connectivity index (χ1n) is 5.74. The fraction of sp³-hybridized carbons (Fsp3) is 0.455. The molecule has 1 N–H and O–H groups in total. The van der Waals surface area contributed by atoms with E-state index in [2.05, 4.69) is 25.1 Å². The molecule has 19 heavy (non-hydrogen) atoms. The molecule has 0 aliphatic carbocycles. The summed E-state index contributed by atoms with van der Waals surface area (Å²) in [5.74, 6) is 0.235. The van der Waals surface area contributed by atoms with Crippen LogP contribution >= 0.6 is 11.6 Å². The van der Waals surface area contributed by atoms with Gasteiger partial charge in [0.05, 0.1) is 22.5 Å². The van der Waals surface area contributed by atoms with Gasteiger partial charge in [-0.3, -0.25) is 9.48 Å². The number of amides is 1. The number of halogens is 1. The first-order valence-corrected chi connectivity index (χ1v) is 6.12. The average Bonchev–Trinajstić information content (AvgIpc) is 2.96. The van der Waals surface area contributed by atoms with Gasteiger partial charge in [0.15, 0.2) is 5.82 Å². The summed E-state index contributed by atoms with van der Waals surface area (Å²) in [6.07, 6.45) is 1.22. The van der Waals surface area contributed by atoms with Crippen molar-refractivity contribution in [3.05, 3.63) is 28.6 Å². The highest BCUT2D eigenvalue weighted by Gasteiger charge is 2.16. The van der Waals surface area contributed by atoms with Crippen molar-refractivity contribution >= 4 is 17.5 Å². The van der Waals surface area contributed by atoms with Crippen LogP contribution in [0.25, 0.3) is 0 Å². The Bertz CT molecular complexity index is 578. The van der Waals surface area contributed by atoms with Crippen molar-refractivity contribution in [3.8, 4) is 0 Å². The summed E-state index contributed by atoms with van der Waals surface area (Å²) in [6.45, 7) is 5.49. The van der Waals surface area contributed by atoms with Crippen LogP contribution in [0.2, 0.25) is 5.02 Å². The van der Waals surface area contributed by atoms with Crippen LogP contribution < -0.4 is 5.32 Å². The molecule has 0 radical (unpaired) electrons. The third-order valence-corrected chi connectivity index (χ3v) is 3.28. The van der Waals surface area contributed by atoms with Crippen molar-refractivity contribution in [2.24, 2.45) is 0 Å². The minimum atomic E-state index is -0.321. The first kappa shape index (κ1) is 13.5. The highest BCUT2D eigenvalue weighted by Crippen LogP contribution is 2.18. The number of carbonyl (C=O) groups excluding carboxylic acids is 1. The van der Waals surface area contributed by atoms with Crippen LogP contribution in [-0.2, 0) is 11.3 Å². The van der Waals surface area contributed by atoms with Crippen molar-refractivity contribution in [2.45, 2.75) is 33.4 Å².